The van der Waals surface area contributed by atoms with Gasteiger partial charge in [-0.1, -0.05) is 25.7 Å². The maximum Gasteiger partial charge on any atom is 0.222 e. The van der Waals surface area contributed by atoms with Gasteiger partial charge in [0.2, 0.25) is 5.91 Å². The van der Waals surface area contributed by atoms with Crippen molar-refractivity contribution in [2.75, 3.05) is 32.7 Å². The lowest BCUT2D eigenvalue weighted by Crippen LogP contribution is -2.54. The van der Waals surface area contributed by atoms with Gasteiger partial charge < -0.3 is 14.8 Å². The second kappa shape index (κ2) is 8.76. The number of amides is 1. The zero-order chi connectivity index (χ0) is 18.5. The normalized spacial score (nSPS) is 27.7. The molecule has 1 atom stereocenters. The molecule has 5 nitrogen and oxygen atoms in total. The van der Waals surface area contributed by atoms with Crippen molar-refractivity contribution >= 4 is 5.91 Å². The van der Waals surface area contributed by atoms with Crippen molar-refractivity contribution in [3.05, 3.63) is 18.2 Å². The van der Waals surface area contributed by atoms with E-state index in [1.165, 1.54) is 71.0 Å². The van der Waals surface area contributed by atoms with E-state index < -0.39 is 0 Å². The summed E-state index contributed by atoms with van der Waals surface area (Å²) in [7, 11) is 0. The van der Waals surface area contributed by atoms with Crippen LogP contribution in [0.3, 0.4) is 0 Å². The number of nitrogens with zero attached hydrogens (tertiary/aromatic N) is 3. The Morgan fingerprint density at radius 1 is 1.15 bits per heavy atom. The molecule has 3 fully saturated rings. The van der Waals surface area contributed by atoms with Gasteiger partial charge >= 0.3 is 0 Å². The number of carbonyl (C=O) groups excluding carboxylic acids is 1. The fraction of sp³-hybridized carbons (Fsp3) is 0.818. The van der Waals surface area contributed by atoms with Crippen molar-refractivity contribution < 1.29 is 4.79 Å². The van der Waals surface area contributed by atoms with Crippen LogP contribution in [-0.4, -0.2) is 58.4 Å². The van der Waals surface area contributed by atoms with Crippen LogP contribution in [0.2, 0.25) is 0 Å². The van der Waals surface area contributed by atoms with Crippen molar-refractivity contribution in [2.24, 2.45) is 11.3 Å². The molecular formula is C22H36N4O. The number of rotatable bonds is 7. The minimum atomic E-state index is 0.341. The number of aromatic nitrogens is 2. The fourth-order valence-electron chi connectivity index (χ4n) is 5.72. The summed E-state index contributed by atoms with van der Waals surface area (Å²) in [5.41, 5.74) is 1.47. The predicted octanol–water partition coefficient (Wildman–Crippen LogP) is 3.63. The summed E-state index contributed by atoms with van der Waals surface area (Å²) in [6, 6.07) is 0. The lowest BCUT2D eigenvalue weighted by Gasteiger charge is -2.48. The first-order valence-corrected chi connectivity index (χ1v) is 11.2. The molecular weight excluding hydrogens is 336 g/mol. The highest BCUT2D eigenvalue weighted by Crippen LogP contribution is 2.39. The van der Waals surface area contributed by atoms with Gasteiger partial charge in [-0.25, -0.2) is 4.98 Å². The monoisotopic (exact) mass is 372 g/mol. The highest BCUT2D eigenvalue weighted by molar-refractivity contribution is 5.77. The molecule has 1 amide bonds. The Kier molecular flexibility index (Phi) is 6.16. The highest BCUT2D eigenvalue weighted by atomic mass is 16.2. The highest BCUT2D eigenvalue weighted by Gasteiger charge is 2.41. The Hall–Kier alpha value is -1.36. The Morgan fingerprint density at radius 2 is 2.04 bits per heavy atom. The molecule has 2 aliphatic heterocycles. The average Bonchev–Trinajstić information content (AvgIpc) is 3.37. The van der Waals surface area contributed by atoms with Crippen molar-refractivity contribution in [3.8, 4) is 0 Å². The van der Waals surface area contributed by atoms with E-state index in [0.29, 0.717) is 11.3 Å². The SMILES string of the molecule is O=C1CC[C@@]2(CCCN(CCCC3CCCC3)C2)CN1CCc1cnc[nH]1. The molecule has 5 heteroatoms. The molecule has 1 spiro atoms. The zero-order valence-corrected chi connectivity index (χ0v) is 16.8. The fourth-order valence-corrected chi connectivity index (χ4v) is 5.72. The molecule has 4 rings (SSSR count). The Labute approximate surface area is 163 Å². The van der Waals surface area contributed by atoms with E-state index in [4.69, 9.17) is 0 Å². The maximum atomic E-state index is 12.5. The molecule has 1 aromatic rings. The molecule has 0 unspecified atom stereocenters. The number of hydrogen-bond donors (Lipinski definition) is 1. The Bertz CT molecular complexity index is 595. The van der Waals surface area contributed by atoms with Crippen molar-refractivity contribution in [2.45, 2.75) is 70.6 Å². The van der Waals surface area contributed by atoms with Crippen LogP contribution in [0.4, 0.5) is 0 Å². The summed E-state index contributed by atoms with van der Waals surface area (Å²) < 4.78 is 0. The number of piperidine rings is 2. The number of likely N-dealkylation sites (tertiary alicyclic amines) is 2. The van der Waals surface area contributed by atoms with Crippen LogP contribution in [0.5, 0.6) is 0 Å². The third-order valence-corrected chi connectivity index (χ3v) is 7.26. The van der Waals surface area contributed by atoms with E-state index in [0.717, 1.165) is 44.0 Å². The zero-order valence-electron chi connectivity index (χ0n) is 16.8. The van der Waals surface area contributed by atoms with Gasteiger partial charge in [-0.05, 0) is 51.1 Å². The smallest absolute Gasteiger partial charge is 0.222 e. The van der Waals surface area contributed by atoms with Gasteiger partial charge in [-0.2, -0.15) is 0 Å². The van der Waals surface area contributed by atoms with E-state index in [1.807, 2.05) is 6.20 Å². The van der Waals surface area contributed by atoms with Gasteiger partial charge in [0.05, 0.1) is 6.33 Å². The quantitative estimate of drug-likeness (QED) is 0.795. The lowest BCUT2D eigenvalue weighted by atomic mass is 9.73. The van der Waals surface area contributed by atoms with E-state index in [2.05, 4.69) is 19.8 Å². The first-order chi connectivity index (χ1) is 13.2. The minimum Gasteiger partial charge on any atom is -0.348 e. The maximum absolute atomic E-state index is 12.5. The van der Waals surface area contributed by atoms with Crippen LogP contribution >= 0.6 is 0 Å². The molecule has 1 N–H and O–H groups in total. The summed E-state index contributed by atoms with van der Waals surface area (Å²) in [6.07, 6.45) is 17.5. The molecule has 150 valence electrons. The van der Waals surface area contributed by atoms with Crippen molar-refractivity contribution in [1.82, 2.24) is 19.8 Å². The van der Waals surface area contributed by atoms with E-state index in [-0.39, 0.29) is 0 Å². The van der Waals surface area contributed by atoms with E-state index in [9.17, 15) is 4.79 Å². The molecule has 0 bridgehead atoms. The van der Waals surface area contributed by atoms with E-state index in [1.54, 1.807) is 6.33 Å². The number of nitrogens with one attached hydrogen (secondary N) is 1. The number of H-pyrrole nitrogens is 1. The van der Waals surface area contributed by atoms with Crippen LogP contribution < -0.4 is 0 Å². The van der Waals surface area contributed by atoms with Gasteiger partial charge in [0.1, 0.15) is 0 Å². The molecule has 1 aliphatic carbocycles. The van der Waals surface area contributed by atoms with Crippen molar-refractivity contribution in [1.29, 1.82) is 0 Å². The Balaban J connectivity index is 1.27. The van der Waals surface area contributed by atoms with Crippen LogP contribution in [-0.2, 0) is 11.2 Å². The summed E-state index contributed by atoms with van der Waals surface area (Å²) in [5.74, 6) is 1.35. The van der Waals surface area contributed by atoms with Crippen LogP contribution in [0.15, 0.2) is 12.5 Å². The van der Waals surface area contributed by atoms with Gasteiger partial charge in [-0.3, -0.25) is 4.79 Å². The van der Waals surface area contributed by atoms with Gasteiger partial charge in [-0.15, -0.1) is 0 Å². The van der Waals surface area contributed by atoms with Crippen LogP contribution in [0, 0.1) is 11.3 Å². The summed E-state index contributed by atoms with van der Waals surface area (Å²) in [4.78, 5) is 24.6. The van der Waals surface area contributed by atoms with Crippen LogP contribution in [0.25, 0.3) is 0 Å². The Morgan fingerprint density at radius 3 is 2.85 bits per heavy atom. The largest absolute Gasteiger partial charge is 0.348 e. The number of carbonyl (C=O) groups is 1. The minimum absolute atomic E-state index is 0.341. The molecule has 2 saturated heterocycles. The third kappa shape index (κ3) is 4.92. The van der Waals surface area contributed by atoms with Crippen molar-refractivity contribution in [3.63, 3.8) is 0 Å². The van der Waals surface area contributed by atoms with Gasteiger partial charge in [0.25, 0.3) is 0 Å². The molecule has 1 aromatic heterocycles. The van der Waals surface area contributed by atoms with Gasteiger partial charge in [0.15, 0.2) is 0 Å². The number of hydrogen-bond acceptors (Lipinski definition) is 3. The van der Waals surface area contributed by atoms with Gasteiger partial charge in [0, 0.05) is 49.8 Å². The standard InChI is InChI=1S/C22H36N4O/c27-21-8-11-22(17-26(21)14-9-20-15-23-18-24-20)10-4-13-25(16-22)12-3-7-19-5-1-2-6-19/h15,18-19H,1-14,16-17H2,(H,23,24)/t22-/m1/s1. The number of aromatic amines is 1. The molecule has 27 heavy (non-hydrogen) atoms. The molecule has 3 aliphatic rings. The third-order valence-electron chi connectivity index (χ3n) is 7.26. The number of imidazole rings is 1. The summed E-state index contributed by atoms with van der Waals surface area (Å²) in [5, 5.41) is 0. The van der Waals surface area contributed by atoms with E-state index >= 15 is 0 Å². The predicted molar refractivity (Wildman–Crippen MR) is 107 cm³/mol. The molecule has 0 radical (unpaired) electrons. The second-order valence-electron chi connectivity index (χ2n) is 9.31. The second-order valence-corrected chi connectivity index (χ2v) is 9.31. The lowest BCUT2D eigenvalue weighted by molar-refractivity contribution is -0.139. The first-order valence-electron chi connectivity index (χ1n) is 11.2. The average molecular weight is 373 g/mol. The summed E-state index contributed by atoms with van der Waals surface area (Å²) >= 11 is 0. The summed E-state index contributed by atoms with van der Waals surface area (Å²) in [6.45, 7) is 5.50. The first kappa shape index (κ1) is 19.0. The molecule has 0 aromatic carbocycles. The molecule has 3 heterocycles. The molecule has 1 saturated carbocycles. The van der Waals surface area contributed by atoms with Crippen LogP contribution in [0.1, 0.15) is 69.9 Å². The topological polar surface area (TPSA) is 52.2 Å².